The molecule has 0 aromatic heterocycles. The molecule has 0 aliphatic carbocycles. The molecule has 0 bridgehead atoms. The molecule has 0 saturated carbocycles. The summed E-state index contributed by atoms with van der Waals surface area (Å²) < 4.78 is 4.82. The van der Waals surface area contributed by atoms with E-state index in [1.807, 2.05) is 6.92 Å². The minimum Gasteiger partial charge on any atom is -0.480 e. The van der Waals surface area contributed by atoms with Crippen LogP contribution in [-0.4, -0.2) is 61.3 Å². The van der Waals surface area contributed by atoms with Crippen LogP contribution < -0.4 is 5.32 Å². The van der Waals surface area contributed by atoms with Gasteiger partial charge in [-0.2, -0.15) is 0 Å². The molecule has 6 heteroatoms. The van der Waals surface area contributed by atoms with Crippen LogP contribution in [0.3, 0.4) is 0 Å². The normalized spacial score (nSPS) is 12.5. The third-order valence-corrected chi connectivity index (χ3v) is 2.38. The number of methoxy groups -OCH3 is 1. The van der Waals surface area contributed by atoms with Crippen molar-refractivity contribution in [1.29, 1.82) is 0 Å². The van der Waals surface area contributed by atoms with Gasteiger partial charge in [-0.15, -0.1) is 0 Å². The lowest BCUT2D eigenvalue weighted by Gasteiger charge is -2.26. The zero-order chi connectivity index (χ0) is 13.3. The highest BCUT2D eigenvalue weighted by atomic mass is 16.5. The van der Waals surface area contributed by atoms with E-state index in [1.165, 1.54) is 0 Å². The van der Waals surface area contributed by atoms with Crippen molar-refractivity contribution in [3.8, 4) is 0 Å². The van der Waals surface area contributed by atoms with Crippen LogP contribution in [-0.2, 0) is 14.3 Å². The Balaban J connectivity index is 4.22. The number of nitrogens with zero attached hydrogens (tertiary/aromatic N) is 1. The largest absolute Gasteiger partial charge is 0.480 e. The Morgan fingerprint density at radius 3 is 2.59 bits per heavy atom. The number of carbonyl (C=O) groups is 2. The van der Waals surface area contributed by atoms with E-state index in [4.69, 9.17) is 9.84 Å². The monoisotopic (exact) mass is 246 g/mol. The zero-order valence-electron chi connectivity index (χ0n) is 10.7. The molecular weight excluding hydrogens is 224 g/mol. The fourth-order valence-corrected chi connectivity index (χ4v) is 1.46. The molecule has 2 N–H and O–H groups in total. The standard InChI is InChI=1S/C11H22N2O4/c1-4-6-13(8-10(14)15)9(2)11(16)12-5-7-17-3/h9H,4-8H2,1-3H3,(H,12,16)(H,14,15). The first kappa shape index (κ1) is 15.9. The van der Waals surface area contributed by atoms with E-state index in [1.54, 1.807) is 18.9 Å². The van der Waals surface area contributed by atoms with E-state index < -0.39 is 12.0 Å². The number of aliphatic carboxylic acids is 1. The highest BCUT2D eigenvalue weighted by Gasteiger charge is 2.22. The maximum atomic E-state index is 11.7. The summed E-state index contributed by atoms with van der Waals surface area (Å²) in [4.78, 5) is 24.0. The van der Waals surface area contributed by atoms with Crippen LogP contribution in [0.1, 0.15) is 20.3 Å². The quantitative estimate of drug-likeness (QED) is 0.557. The second-order valence-corrected chi connectivity index (χ2v) is 3.82. The number of rotatable bonds is 9. The van der Waals surface area contributed by atoms with E-state index in [9.17, 15) is 9.59 Å². The van der Waals surface area contributed by atoms with Crippen molar-refractivity contribution in [3.63, 3.8) is 0 Å². The molecule has 100 valence electrons. The third kappa shape index (κ3) is 6.91. The summed E-state index contributed by atoms with van der Waals surface area (Å²) in [6, 6.07) is -0.442. The highest BCUT2D eigenvalue weighted by molar-refractivity contribution is 5.82. The fraction of sp³-hybridized carbons (Fsp3) is 0.818. The first-order chi connectivity index (χ1) is 8.02. The van der Waals surface area contributed by atoms with Gasteiger partial charge in [-0.3, -0.25) is 14.5 Å². The fourth-order valence-electron chi connectivity index (χ4n) is 1.46. The van der Waals surface area contributed by atoms with Gasteiger partial charge in [-0.25, -0.2) is 0 Å². The SMILES string of the molecule is CCCN(CC(=O)O)C(C)C(=O)NCCOC. The summed E-state index contributed by atoms with van der Waals surface area (Å²) in [6.45, 7) is 5.01. The molecule has 1 unspecified atom stereocenters. The first-order valence-corrected chi connectivity index (χ1v) is 5.75. The van der Waals surface area contributed by atoms with Crippen molar-refractivity contribution in [2.75, 3.05) is 33.4 Å². The summed E-state index contributed by atoms with van der Waals surface area (Å²) in [7, 11) is 1.56. The van der Waals surface area contributed by atoms with Crippen LogP contribution in [0.15, 0.2) is 0 Å². The summed E-state index contributed by atoms with van der Waals surface area (Å²) in [5.41, 5.74) is 0. The van der Waals surface area contributed by atoms with Gasteiger partial charge in [0, 0.05) is 13.7 Å². The first-order valence-electron chi connectivity index (χ1n) is 5.75. The maximum Gasteiger partial charge on any atom is 0.317 e. The molecule has 0 heterocycles. The summed E-state index contributed by atoms with van der Waals surface area (Å²) in [6.07, 6.45) is 0.809. The molecule has 0 rings (SSSR count). The van der Waals surface area contributed by atoms with Crippen LogP contribution in [0.25, 0.3) is 0 Å². The average molecular weight is 246 g/mol. The van der Waals surface area contributed by atoms with Crippen molar-refractivity contribution in [3.05, 3.63) is 0 Å². The Morgan fingerprint density at radius 1 is 1.47 bits per heavy atom. The molecule has 0 aliphatic rings. The molecule has 0 fully saturated rings. The predicted octanol–water partition coefficient (Wildman–Crippen LogP) is -0.0659. The van der Waals surface area contributed by atoms with Gasteiger partial charge in [0.1, 0.15) is 0 Å². The number of hydrogen-bond acceptors (Lipinski definition) is 4. The molecule has 0 aliphatic heterocycles. The molecule has 1 amide bonds. The minimum atomic E-state index is -0.921. The van der Waals surface area contributed by atoms with Crippen molar-refractivity contribution in [1.82, 2.24) is 10.2 Å². The smallest absolute Gasteiger partial charge is 0.317 e. The molecule has 6 nitrogen and oxygen atoms in total. The number of amides is 1. The molecule has 0 radical (unpaired) electrons. The van der Waals surface area contributed by atoms with Crippen molar-refractivity contribution < 1.29 is 19.4 Å². The minimum absolute atomic E-state index is 0.118. The third-order valence-electron chi connectivity index (χ3n) is 2.38. The van der Waals surface area contributed by atoms with Gasteiger partial charge in [0.15, 0.2) is 0 Å². The zero-order valence-corrected chi connectivity index (χ0v) is 10.7. The van der Waals surface area contributed by atoms with E-state index in [0.29, 0.717) is 19.7 Å². The van der Waals surface area contributed by atoms with Crippen LogP contribution in [0, 0.1) is 0 Å². The van der Waals surface area contributed by atoms with Gasteiger partial charge < -0.3 is 15.2 Å². The Hall–Kier alpha value is -1.14. The average Bonchev–Trinajstić information content (AvgIpc) is 2.27. The van der Waals surface area contributed by atoms with Gasteiger partial charge >= 0.3 is 5.97 Å². The van der Waals surface area contributed by atoms with E-state index in [-0.39, 0.29) is 12.5 Å². The summed E-state index contributed by atoms with van der Waals surface area (Å²) >= 11 is 0. The molecular formula is C11H22N2O4. The predicted molar refractivity (Wildman–Crippen MR) is 63.8 cm³/mol. The highest BCUT2D eigenvalue weighted by Crippen LogP contribution is 2.00. The lowest BCUT2D eigenvalue weighted by Crippen LogP contribution is -2.47. The Bertz CT molecular complexity index is 246. The van der Waals surface area contributed by atoms with E-state index >= 15 is 0 Å². The van der Waals surface area contributed by atoms with Gasteiger partial charge in [0.2, 0.25) is 5.91 Å². The second-order valence-electron chi connectivity index (χ2n) is 3.82. The number of nitrogens with one attached hydrogen (secondary N) is 1. The Morgan fingerprint density at radius 2 is 2.12 bits per heavy atom. The molecule has 0 saturated heterocycles. The molecule has 0 aromatic rings. The van der Waals surface area contributed by atoms with Crippen molar-refractivity contribution in [2.45, 2.75) is 26.3 Å². The second kappa shape index (κ2) is 8.95. The molecule has 17 heavy (non-hydrogen) atoms. The maximum absolute atomic E-state index is 11.7. The van der Waals surface area contributed by atoms with Gasteiger partial charge in [-0.1, -0.05) is 6.92 Å². The lowest BCUT2D eigenvalue weighted by molar-refractivity contribution is -0.139. The van der Waals surface area contributed by atoms with E-state index in [0.717, 1.165) is 6.42 Å². The Kier molecular flexibility index (Phi) is 8.35. The number of hydrogen-bond donors (Lipinski definition) is 2. The van der Waals surface area contributed by atoms with Crippen LogP contribution in [0.2, 0.25) is 0 Å². The van der Waals surface area contributed by atoms with Crippen molar-refractivity contribution in [2.24, 2.45) is 0 Å². The summed E-state index contributed by atoms with van der Waals surface area (Å²) in [5.74, 6) is -1.09. The number of carbonyl (C=O) groups excluding carboxylic acids is 1. The van der Waals surface area contributed by atoms with Gasteiger partial charge in [-0.05, 0) is 19.9 Å². The Labute approximate surface area is 102 Å². The molecule has 0 spiro atoms. The lowest BCUT2D eigenvalue weighted by atomic mass is 10.2. The number of ether oxygens (including phenoxy) is 1. The molecule has 1 atom stereocenters. The van der Waals surface area contributed by atoms with Gasteiger partial charge in [0.05, 0.1) is 19.2 Å². The van der Waals surface area contributed by atoms with Crippen molar-refractivity contribution >= 4 is 11.9 Å². The summed E-state index contributed by atoms with van der Waals surface area (Å²) in [5, 5.41) is 11.5. The number of carboxylic acids is 1. The molecule has 0 aromatic carbocycles. The van der Waals surface area contributed by atoms with E-state index in [2.05, 4.69) is 5.32 Å². The van der Waals surface area contributed by atoms with Crippen LogP contribution >= 0.6 is 0 Å². The number of carboxylic acid groups (broad SMARTS) is 1. The van der Waals surface area contributed by atoms with Crippen LogP contribution in [0.4, 0.5) is 0 Å². The topological polar surface area (TPSA) is 78.9 Å². The van der Waals surface area contributed by atoms with Gasteiger partial charge in [0.25, 0.3) is 0 Å². The van der Waals surface area contributed by atoms with Crippen LogP contribution in [0.5, 0.6) is 0 Å².